The minimum atomic E-state index is -0.245. The van der Waals surface area contributed by atoms with Crippen LogP contribution >= 0.6 is 0 Å². The number of nitrogens with one attached hydrogen (secondary N) is 2. The molecule has 1 atom stereocenters. The number of carbonyl (C=O) groups is 1. The van der Waals surface area contributed by atoms with E-state index in [1.165, 1.54) is 0 Å². The summed E-state index contributed by atoms with van der Waals surface area (Å²) in [6, 6.07) is 0. The maximum atomic E-state index is 11.2. The molecule has 3 N–H and O–H groups in total. The highest BCUT2D eigenvalue weighted by atomic mass is 16.3. The number of amides is 1. The van der Waals surface area contributed by atoms with Crippen molar-refractivity contribution in [1.29, 1.82) is 0 Å². The van der Waals surface area contributed by atoms with Crippen molar-refractivity contribution < 1.29 is 9.90 Å². The molecule has 4 heteroatoms. The lowest BCUT2D eigenvalue weighted by Crippen LogP contribution is -2.34. The average Bonchev–Trinajstić information content (AvgIpc) is 2.17. The third kappa shape index (κ3) is 11.3. The fourth-order valence-electron chi connectivity index (χ4n) is 1.19. The largest absolute Gasteiger partial charge is 0.393 e. The molecule has 90 valence electrons. The quantitative estimate of drug-likeness (QED) is 0.496. The van der Waals surface area contributed by atoms with Crippen LogP contribution in [0.15, 0.2) is 0 Å². The first-order valence-electron chi connectivity index (χ1n) is 5.82. The van der Waals surface area contributed by atoms with E-state index >= 15 is 0 Å². The van der Waals surface area contributed by atoms with E-state index in [4.69, 9.17) is 5.11 Å². The molecule has 0 saturated heterocycles. The standard InChI is InChI=1S/C11H24N2O2/c1-3-4-8-13-11(15)9-12-7-5-6-10(2)14/h10,12,14H,3-9H2,1-2H3,(H,13,15). The van der Waals surface area contributed by atoms with Gasteiger partial charge in [-0.15, -0.1) is 0 Å². The van der Waals surface area contributed by atoms with Crippen LogP contribution in [0.4, 0.5) is 0 Å². The lowest BCUT2D eigenvalue weighted by atomic mass is 10.2. The van der Waals surface area contributed by atoms with E-state index in [0.29, 0.717) is 6.54 Å². The van der Waals surface area contributed by atoms with Gasteiger partial charge >= 0.3 is 0 Å². The zero-order valence-corrected chi connectivity index (χ0v) is 9.88. The first kappa shape index (κ1) is 14.4. The smallest absolute Gasteiger partial charge is 0.233 e. The van der Waals surface area contributed by atoms with E-state index in [0.717, 1.165) is 38.8 Å². The Morgan fingerprint density at radius 2 is 2.07 bits per heavy atom. The number of carbonyl (C=O) groups excluding carboxylic acids is 1. The molecule has 0 aromatic heterocycles. The number of hydrogen-bond donors (Lipinski definition) is 3. The summed E-state index contributed by atoms with van der Waals surface area (Å²) in [5, 5.41) is 14.9. The number of rotatable bonds is 9. The van der Waals surface area contributed by atoms with Crippen LogP contribution in [0.1, 0.15) is 39.5 Å². The number of aliphatic hydroxyl groups is 1. The molecule has 1 amide bonds. The van der Waals surface area contributed by atoms with Crippen molar-refractivity contribution in [2.24, 2.45) is 0 Å². The average molecular weight is 216 g/mol. The molecule has 0 radical (unpaired) electrons. The molecule has 0 bridgehead atoms. The molecule has 0 rings (SSSR count). The SMILES string of the molecule is CCCCNC(=O)CNCCCC(C)O. The number of hydrogen-bond acceptors (Lipinski definition) is 3. The Balaban J connectivity index is 3.17. The Hall–Kier alpha value is -0.610. The maximum Gasteiger partial charge on any atom is 0.233 e. The molecular weight excluding hydrogens is 192 g/mol. The summed E-state index contributed by atoms with van der Waals surface area (Å²) in [5.41, 5.74) is 0. The van der Waals surface area contributed by atoms with Crippen molar-refractivity contribution in [3.63, 3.8) is 0 Å². The monoisotopic (exact) mass is 216 g/mol. The second-order valence-corrected chi connectivity index (χ2v) is 3.87. The highest BCUT2D eigenvalue weighted by Gasteiger charge is 1.99. The predicted molar refractivity (Wildman–Crippen MR) is 61.7 cm³/mol. The Morgan fingerprint density at radius 3 is 2.67 bits per heavy atom. The maximum absolute atomic E-state index is 11.2. The van der Waals surface area contributed by atoms with Crippen molar-refractivity contribution in [2.75, 3.05) is 19.6 Å². The number of aliphatic hydroxyl groups excluding tert-OH is 1. The Bertz CT molecular complexity index is 161. The lowest BCUT2D eigenvalue weighted by molar-refractivity contribution is -0.120. The topological polar surface area (TPSA) is 61.4 Å². The molecule has 0 aliphatic rings. The molecule has 15 heavy (non-hydrogen) atoms. The molecule has 0 aliphatic carbocycles. The van der Waals surface area contributed by atoms with Gasteiger partial charge < -0.3 is 15.7 Å². The molecule has 0 fully saturated rings. The van der Waals surface area contributed by atoms with Gasteiger partial charge in [-0.05, 0) is 32.7 Å². The summed E-state index contributed by atoms with van der Waals surface area (Å²) < 4.78 is 0. The third-order valence-electron chi connectivity index (χ3n) is 2.11. The molecule has 0 saturated carbocycles. The summed E-state index contributed by atoms with van der Waals surface area (Å²) in [6.45, 7) is 5.80. The van der Waals surface area contributed by atoms with Gasteiger partial charge in [-0.25, -0.2) is 0 Å². The van der Waals surface area contributed by atoms with E-state index in [-0.39, 0.29) is 12.0 Å². The van der Waals surface area contributed by atoms with Crippen molar-refractivity contribution in [2.45, 2.75) is 45.6 Å². The Kier molecular flexibility index (Phi) is 9.52. The van der Waals surface area contributed by atoms with E-state index in [9.17, 15) is 4.79 Å². The van der Waals surface area contributed by atoms with Crippen molar-refractivity contribution in [3.8, 4) is 0 Å². The van der Waals surface area contributed by atoms with Gasteiger partial charge in [0, 0.05) is 6.54 Å². The molecule has 0 aliphatic heterocycles. The number of unbranched alkanes of at least 4 members (excludes halogenated alkanes) is 1. The molecule has 4 nitrogen and oxygen atoms in total. The van der Waals surface area contributed by atoms with Crippen LogP contribution in [0.3, 0.4) is 0 Å². The fraction of sp³-hybridized carbons (Fsp3) is 0.909. The first-order chi connectivity index (χ1) is 7.16. The van der Waals surface area contributed by atoms with Gasteiger partial charge in [-0.3, -0.25) is 4.79 Å². The molecule has 0 aromatic rings. The van der Waals surface area contributed by atoms with Crippen LogP contribution in [-0.4, -0.2) is 36.8 Å². The van der Waals surface area contributed by atoms with E-state index in [1.54, 1.807) is 6.92 Å². The zero-order valence-electron chi connectivity index (χ0n) is 9.88. The zero-order chi connectivity index (χ0) is 11.5. The van der Waals surface area contributed by atoms with E-state index in [2.05, 4.69) is 17.6 Å². The van der Waals surface area contributed by atoms with Gasteiger partial charge in [0.2, 0.25) is 5.91 Å². The van der Waals surface area contributed by atoms with Gasteiger partial charge in [0.05, 0.1) is 12.6 Å². The van der Waals surface area contributed by atoms with Gasteiger partial charge in [0.25, 0.3) is 0 Å². The lowest BCUT2D eigenvalue weighted by Gasteiger charge is -2.06. The summed E-state index contributed by atoms with van der Waals surface area (Å²) in [7, 11) is 0. The molecule has 0 heterocycles. The van der Waals surface area contributed by atoms with Crippen molar-refractivity contribution in [1.82, 2.24) is 10.6 Å². The first-order valence-corrected chi connectivity index (χ1v) is 5.82. The van der Waals surface area contributed by atoms with E-state index < -0.39 is 0 Å². The fourth-order valence-corrected chi connectivity index (χ4v) is 1.19. The minimum Gasteiger partial charge on any atom is -0.393 e. The summed E-state index contributed by atoms with van der Waals surface area (Å²) >= 11 is 0. The molecule has 0 spiro atoms. The summed E-state index contributed by atoms with van der Waals surface area (Å²) in [5.74, 6) is 0.0560. The van der Waals surface area contributed by atoms with Gasteiger partial charge in [0.15, 0.2) is 0 Å². The van der Waals surface area contributed by atoms with Gasteiger partial charge in [-0.2, -0.15) is 0 Å². The highest BCUT2D eigenvalue weighted by Crippen LogP contribution is 1.92. The van der Waals surface area contributed by atoms with Gasteiger partial charge in [-0.1, -0.05) is 13.3 Å². The second-order valence-electron chi connectivity index (χ2n) is 3.87. The normalized spacial score (nSPS) is 12.5. The van der Waals surface area contributed by atoms with Crippen LogP contribution in [0.25, 0.3) is 0 Å². The predicted octanol–water partition coefficient (Wildman–Crippen LogP) is 0.653. The summed E-state index contributed by atoms with van der Waals surface area (Å²) in [4.78, 5) is 11.2. The van der Waals surface area contributed by atoms with Gasteiger partial charge in [0.1, 0.15) is 0 Å². The van der Waals surface area contributed by atoms with E-state index in [1.807, 2.05) is 0 Å². The third-order valence-corrected chi connectivity index (χ3v) is 2.11. The van der Waals surface area contributed by atoms with Crippen LogP contribution in [0.2, 0.25) is 0 Å². The van der Waals surface area contributed by atoms with Crippen molar-refractivity contribution >= 4 is 5.91 Å². The molecule has 1 unspecified atom stereocenters. The highest BCUT2D eigenvalue weighted by molar-refractivity contribution is 5.77. The Morgan fingerprint density at radius 1 is 1.33 bits per heavy atom. The Labute approximate surface area is 92.4 Å². The van der Waals surface area contributed by atoms with Crippen LogP contribution in [-0.2, 0) is 4.79 Å². The van der Waals surface area contributed by atoms with Crippen LogP contribution in [0, 0.1) is 0 Å². The van der Waals surface area contributed by atoms with Crippen molar-refractivity contribution in [3.05, 3.63) is 0 Å². The second kappa shape index (κ2) is 9.93. The minimum absolute atomic E-state index is 0.0560. The van der Waals surface area contributed by atoms with Crippen LogP contribution in [0.5, 0.6) is 0 Å². The molecule has 0 aromatic carbocycles. The molecular formula is C11H24N2O2. The van der Waals surface area contributed by atoms with Crippen LogP contribution < -0.4 is 10.6 Å². The summed E-state index contributed by atoms with van der Waals surface area (Å²) in [6.07, 6.45) is 3.57.